The lowest BCUT2D eigenvalue weighted by Gasteiger charge is -2.39. The van der Waals surface area contributed by atoms with E-state index in [1.807, 2.05) is 0 Å². The summed E-state index contributed by atoms with van der Waals surface area (Å²) in [5.74, 6) is 1.57. The summed E-state index contributed by atoms with van der Waals surface area (Å²) in [4.78, 5) is 14.7. The van der Waals surface area contributed by atoms with E-state index in [2.05, 4.69) is 11.8 Å². The van der Waals surface area contributed by atoms with Crippen LogP contribution in [0.4, 0.5) is 0 Å². The second-order valence-electron chi connectivity index (χ2n) is 6.38. The van der Waals surface area contributed by atoms with Crippen molar-refractivity contribution >= 4 is 5.91 Å². The fourth-order valence-electron chi connectivity index (χ4n) is 4.05. The molecule has 0 saturated heterocycles. The van der Waals surface area contributed by atoms with Crippen LogP contribution in [0, 0.1) is 11.8 Å². The van der Waals surface area contributed by atoms with Gasteiger partial charge >= 0.3 is 0 Å². The Balaban J connectivity index is 1.94. The molecule has 0 aromatic carbocycles. The highest BCUT2D eigenvalue weighted by atomic mass is 16.2. The van der Waals surface area contributed by atoms with Crippen LogP contribution in [0.2, 0.25) is 0 Å². The number of rotatable bonds is 5. The number of nitrogens with zero attached hydrogens (tertiary/aromatic N) is 1. The molecule has 0 spiro atoms. The summed E-state index contributed by atoms with van der Waals surface area (Å²) >= 11 is 0. The van der Waals surface area contributed by atoms with Crippen LogP contribution in [0.25, 0.3) is 0 Å². The van der Waals surface area contributed by atoms with Gasteiger partial charge in [0.2, 0.25) is 5.91 Å². The second-order valence-corrected chi connectivity index (χ2v) is 6.38. The van der Waals surface area contributed by atoms with Gasteiger partial charge in [-0.1, -0.05) is 25.7 Å². The van der Waals surface area contributed by atoms with Crippen LogP contribution in [-0.2, 0) is 4.79 Å². The zero-order valence-electron chi connectivity index (χ0n) is 12.4. The third-order valence-electron chi connectivity index (χ3n) is 5.17. The van der Waals surface area contributed by atoms with Crippen LogP contribution in [0.15, 0.2) is 0 Å². The average Bonchev–Trinajstić information content (AvgIpc) is 2.93. The van der Waals surface area contributed by atoms with Crippen LogP contribution in [-0.4, -0.2) is 29.9 Å². The summed E-state index contributed by atoms with van der Waals surface area (Å²) in [6.45, 7) is 3.71. The fourth-order valence-corrected chi connectivity index (χ4v) is 4.05. The normalized spacial score (nSPS) is 28.5. The first-order valence-electron chi connectivity index (χ1n) is 8.25. The molecule has 0 radical (unpaired) electrons. The average molecular weight is 266 g/mol. The number of carbonyl (C=O) groups is 1. The minimum absolute atomic E-state index is 0.389. The van der Waals surface area contributed by atoms with E-state index in [1.165, 1.54) is 44.9 Å². The van der Waals surface area contributed by atoms with E-state index in [1.54, 1.807) is 0 Å². The molecule has 3 heteroatoms. The minimum Gasteiger partial charge on any atom is -0.340 e. The molecular formula is C16H30N2O. The Kier molecular flexibility index (Phi) is 5.68. The Labute approximate surface area is 117 Å². The van der Waals surface area contributed by atoms with E-state index in [-0.39, 0.29) is 0 Å². The number of amides is 1. The Bertz CT molecular complexity index is 286. The van der Waals surface area contributed by atoms with Crippen molar-refractivity contribution in [3.05, 3.63) is 0 Å². The highest BCUT2D eigenvalue weighted by molar-refractivity contribution is 5.76. The highest BCUT2D eigenvalue weighted by Crippen LogP contribution is 2.31. The van der Waals surface area contributed by atoms with E-state index >= 15 is 0 Å². The lowest BCUT2D eigenvalue weighted by Crippen LogP contribution is -2.48. The largest absolute Gasteiger partial charge is 0.340 e. The van der Waals surface area contributed by atoms with Gasteiger partial charge in [-0.3, -0.25) is 4.79 Å². The second kappa shape index (κ2) is 7.28. The standard InChI is InChI=1S/C16H30N2O/c1-2-18(15-10-6-5-9-14(15)12-17)16(19)11-13-7-3-4-8-13/h13-15H,2-12,17H2,1H3. The molecule has 0 heterocycles. The Morgan fingerprint density at radius 3 is 2.37 bits per heavy atom. The molecule has 0 aromatic heterocycles. The molecule has 2 aliphatic rings. The molecule has 0 aromatic rings. The molecule has 2 saturated carbocycles. The van der Waals surface area contributed by atoms with Crippen molar-refractivity contribution in [2.75, 3.05) is 13.1 Å². The number of nitrogens with two attached hydrogens (primary N) is 1. The third-order valence-corrected chi connectivity index (χ3v) is 5.17. The molecule has 3 nitrogen and oxygen atoms in total. The van der Waals surface area contributed by atoms with Crippen molar-refractivity contribution in [3.63, 3.8) is 0 Å². The van der Waals surface area contributed by atoms with Gasteiger partial charge in [-0.25, -0.2) is 0 Å². The predicted molar refractivity (Wildman–Crippen MR) is 78.8 cm³/mol. The van der Waals surface area contributed by atoms with Gasteiger partial charge < -0.3 is 10.6 Å². The molecule has 0 aliphatic heterocycles. The van der Waals surface area contributed by atoms with Gasteiger partial charge in [0.25, 0.3) is 0 Å². The third kappa shape index (κ3) is 3.71. The van der Waals surface area contributed by atoms with E-state index in [0.717, 1.165) is 25.9 Å². The summed E-state index contributed by atoms with van der Waals surface area (Å²) in [7, 11) is 0. The maximum absolute atomic E-state index is 12.6. The predicted octanol–water partition coefficient (Wildman–Crippen LogP) is 2.93. The van der Waals surface area contributed by atoms with Crippen molar-refractivity contribution in [3.8, 4) is 0 Å². The van der Waals surface area contributed by atoms with Crippen molar-refractivity contribution in [1.82, 2.24) is 4.90 Å². The Morgan fingerprint density at radius 1 is 1.11 bits per heavy atom. The SMILES string of the molecule is CCN(C(=O)CC1CCCC1)C1CCCCC1CN. The summed E-state index contributed by atoms with van der Waals surface area (Å²) in [6.07, 6.45) is 10.8. The molecule has 2 rings (SSSR count). The molecule has 2 aliphatic carbocycles. The molecule has 1 amide bonds. The van der Waals surface area contributed by atoms with Gasteiger partial charge in [0, 0.05) is 19.0 Å². The highest BCUT2D eigenvalue weighted by Gasteiger charge is 2.32. The molecule has 2 fully saturated rings. The fraction of sp³-hybridized carbons (Fsp3) is 0.938. The number of hydrogen-bond donors (Lipinski definition) is 1. The first-order chi connectivity index (χ1) is 9.26. The monoisotopic (exact) mass is 266 g/mol. The van der Waals surface area contributed by atoms with E-state index in [4.69, 9.17) is 5.73 Å². The van der Waals surface area contributed by atoms with Crippen LogP contribution < -0.4 is 5.73 Å². The molecule has 2 unspecified atom stereocenters. The van der Waals surface area contributed by atoms with Gasteiger partial charge in [-0.2, -0.15) is 0 Å². The number of carbonyl (C=O) groups excluding carboxylic acids is 1. The van der Waals surface area contributed by atoms with Crippen molar-refractivity contribution in [1.29, 1.82) is 0 Å². The summed E-state index contributed by atoms with van der Waals surface area (Å²) in [5.41, 5.74) is 5.91. The van der Waals surface area contributed by atoms with Crippen LogP contribution in [0.1, 0.15) is 64.7 Å². The summed E-state index contributed by atoms with van der Waals surface area (Å²) in [5, 5.41) is 0. The van der Waals surface area contributed by atoms with Gasteiger partial charge in [-0.05, 0) is 51.0 Å². The van der Waals surface area contributed by atoms with Gasteiger partial charge in [0.1, 0.15) is 0 Å². The zero-order chi connectivity index (χ0) is 13.7. The van der Waals surface area contributed by atoms with Crippen LogP contribution in [0.5, 0.6) is 0 Å². The minimum atomic E-state index is 0.389. The number of hydrogen-bond acceptors (Lipinski definition) is 2. The maximum Gasteiger partial charge on any atom is 0.223 e. The molecule has 110 valence electrons. The zero-order valence-corrected chi connectivity index (χ0v) is 12.4. The van der Waals surface area contributed by atoms with E-state index in [9.17, 15) is 4.79 Å². The Hall–Kier alpha value is -0.570. The van der Waals surface area contributed by atoms with Crippen molar-refractivity contribution < 1.29 is 4.79 Å². The molecule has 19 heavy (non-hydrogen) atoms. The van der Waals surface area contributed by atoms with Crippen LogP contribution >= 0.6 is 0 Å². The first-order valence-corrected chi connectivity index (χ1v) is 8.25. The molecular weight excluding hydrogens is 236 g/mol. The van der Waals surface area contributed by atoms with Crippen molar-refractivity contribution in [2.24, 2.45) is 17.6 Å². The van der Waals surface area contributed by atoms with Crippen LogP contribution in [0.3, 0.4) is 0 Å². The van der Waals surface area contributed by atoms with Crippen molar-refractivity contribution in [2.45, 2.75) is 70.8 Å². The Morgan fingerprint density at radius 2 is 1.74 bits per heavy atom. The molecule has 2 atom stereocenters. The maximum atomic E-state index is 12.6. The molecule has 2 N–H and O–H groups in total. The lowest BCUT2D eigenvalue weighted by molar-refractivity contribution is -0.136. The van der Waals surface area contributed by atoms with Gasteiger partial charge in [0.15, 0.2) is 0 Å². The smallest absolute Gasteiger partial charge is 0.223 e. The lowest BCUT2D eigenvalue weighted by atomic mass is 9.83. The van der Waals surface area contributed by atoms with E-state index in [0.29, 0.717) is 23.8 Å². The summed E-state index contributed by atoms with van der Waals surface area (Å²) in [6, 6.07) is 0.414. The van der Waals surface area contributed by atoms with E-state index < -0.39 is 0 Å². The van der Waals surface area contributed by atoms with Gasteiger partial charge in [-0.15, -0.1) is 0 Å². The quantitative estimate of drug-likeness (QED) is 0.831. The summed E-state index contributed by atoms with van der Waals surface area (Å²) < 4.78 is 0. The topological polar surface area (TPSA) is 46.3 Å². The molecule has 0 bridgehead atoms. The first kappa shape index (κ1) is 14.8. The van der Waals surface area contributed by atoms with Gasteiger partial charge in [0.05, 0.1) is 0 Å².